The van der Waals surface area contributed by atoms with E-state index >= 15 is 0 Å². The summed E-state index contributed by atoms with van der Waals surface area (Å²) in [7, 11) is 1.75. The third kappa shape index (κ3) is 3.33. The Bertz CT molecular complexity index is 654. The fourth-order valence-electron chi connectivity index (χ4n) is 1.73. The van der Waals surface area contributed by atoms with E-state index in [1.807, 2.05) is 12.1 Å². The molecule has 2 aromatic rings. The van der Waals surface area contributed by atoms with Crippen LogP contribution in [-0.2, 0) is 0 Å². The summed E-state index contributed by atoms with van der Waals surface area (Å²) in [6.45, 7) is 0. The van der Waals surface area contributed by atoms with E-state index in [4.69, 9.17) is 11.6 Å². The van der Waals surface area contributed by atoms with Crippen molar-refractivity contribution in [3.05, 3.63) is 69.2 Å². The summed E-state index contributed by atoms with van der Waals surface area (Å²) < 4.78 is 0. The molecule has 2 aromatic carbocycles. The smallest absolute Gasteiger partial charge is 0.277 e. The minimum absolute atomic E-state index is 0.0492. The predicted molar refractivity (Wildman–Crippen MR) is 79.2 cm³/mol. The zero-order chi connectivity index (χ0) is 14.5. The van der Waals surface area contributed by atoms with Crippen LogP contribution >= 0.6 is 11.6 Å². The van der Waals surface area contributed by atoms with E-state index in [9.17, 15) is 10.1 Å². The minimum atomic E-state index is -0.418. The second-order valence-electron chi connectivity index (χ2n) is 4.06. The highest BCUT2D eigenvalue weighted by atomic mass is 35.5. The van der Waals surface area contributed by atoms with E-state index in [0.717, 1.165) is 5.69 Å². The van der Waals surface area contributed by atoms with Crippen LogP contribution in [-0.4, -0.2) is 17.8 Å². The zero-order valence-corrected chi connectivity index (χ0v) is 11.5. The van der Waals surface area contributed by atoms with Crippen LogP contribution in [0.2, 0.25) is 5.02 Å². The van der Waals surface area contributed by atoms with Crippen molar-refractivity contribution in [3.63, 3.8) is 0 Å². The van der Waals surface area contributed by atoms with Gasteiger partial charge in [-0.05, 0) is 30.3 Å². The number of nitrogens with zero attached hydrogens (tertiary/aromatic N) is 1. The summed E-state index contributed by atoms with van der Waals surface area (Å²) in [6.07, 6.45) is 0. The van der Waals surface area contributed by atoms with Crippen molar-refractivity contribution in [2.75, 3.05) is 12.4 Å². The molecule has 2 rings (SSSR count). The van der Waals surface area contributed by atoms with Crippen LogP contribution in [0.25, 0.3) is 0 Å². The van der Waals surface area contributed by atoms with Crippen LogP contribution in [0.15, 0.2) is 48.5 Å². The number of amidine groups is 1. The van der Waals surface area contributed by atoms with Crippen molar-refractivity contribution in [3.8, 4) is 0 Å². The molecule has 0 saturated carbocycles. The van der Waals surface area contributed by atoms with Crippen molar-refractivity contribution >= 4 is 28.8 Å². The van der Waals surface area contributed by atoms with Gasteiger partial charge in [0, 0.05) is 17.2 Å². The van der Waals surface area contributed by atoms with Gasteiger partial charge >= 0.3 is 0 Å². The first kappa shape index (κ1) is 14.0. The molecular weight excluding hydrogens is 278 g/mol. The average molecular weight is 291 g/mol. The van der Waals surface area contributed by atoms with Gasteiger partial charge in [0.25, 0.3) is 11.5 Å². The van der Waals surface area contributed by atoms with Gasteiger partial charge in [0.05, 0.1) is 17.5 Å². The Balaban J connectivity index is 2.27. The maximum Gasteiger partial charge on any atom is 0.280 e. The molecule has 5 nitrogen and oxygen atoms in total. The molecule has 0 unspecified atom stereocenters. The van der Waals surface area contributed by atoms with Gasteiger partial charge in [0.1, 0.15) is 5.69 Å². The average Bonchev–Trinajstić information content (AvgIpc) is 2.46. The van der Waals surface area contributed by atoms with E-state index < -0.39 is 4.92 Å². The van der Waals surface area contributed by atoms with Gasteiger partial charge in [-0.15, -0.1) is 0 Å². The molecular formula is C14H13ClN3O2+. The lowest BCUT2D eigenvalue weighted by atomic mass is 10.1. The number of hydrogen-bond acceptors (Lipinski definition) is 2. The van der Waals surface area contributed by atoms with Crippen molar-refractivity contribution in [1.82, 2.24) is 0 Å². The Morgan fingerprint density at radius 3 is 2.55 bits per heavy atom. The third-order valence-electron chi connectivity index (χ3n) is 2.71. The van der Waals surface area contributed by atoms with Gasteiger partial charge in [-0.3, -0.25) is 15.1 Å². The number of halogens is 1. The molecule has 20 heavy (non-hydrogen) atoms. The molecule has 0 aliphatic heterocycles. The van der Waals surface area contributed by atoms with Crippen molar-refractivity contribution in [2.45, 2.75) is 0 Å². The van der Waals surface area contributed by atoms with Crippen LogP contribution < -0.4 is 10.3 Å². The first-order valence-corrected chi connectivity index (χ1v) is 6.30. The molecule has 0 bridgehead atoms. The lowest BCUT2D eigenvalue weighted by molar-refractivity contribution is -0.419. The summed E-state index contributed by atoms with van der Waals surface area (Å²) in [5.41, 5.74) is 1.59. The van der Waals surface area contributed by atoms with Crippen LogP contribution in [0.3, 0.4) is 0 Å². The highest BCUT2D eigenvalue weighted by Crippen LogP contribution is 2.16. The molecule has 102 valence electrons. The number of anilines is 1. The van der Waals surface area contributed by atoms with Gasteiger partial charge in [0.15, 0.2) is 0 Å². The Hall–Kier alpha value is -2.40. The SMILES string of the molecule is C[NH+]=C(Nc1ccc(Cl)cc1)c1cccc([N+](=O)[O-])c1. The molecule has 6 heteroatoms. The second kappa shape index (κ2) is 6.16. The number of non-ortho nitro benzene ring substituents is 1. The fraction of sp³-hybridized carbons (Fsp3) is 0.0714. The number of nitro groups is 1. The maximum absolute atomic E-state index is 10.8. The van der Waals surface area contributed by atoms with Crippen LogP contribution in [0.4, 0.5) is 11.4 Å². The maximum atomic E-state index is 10.8. The number of hydrogen-bond donors (Lipinski definition) is 2. The summed E-state index contributed by atoms with van der Waals surface area (Å²) in [5, 5.41) is 14.6. The standard InChI is InChI=1S/C14H12ClN3O2/c1-16-14(17-12-7-5-11(15)6-8-12)10-3-2-4-13(9-10)18(19)20/h2-9H,1H3,(H,16,17)/p+1. The molecule has 0 fully saturated rings. The fourth-order valence-corrected chi connectivity index (χ4v) is 1.86. The van der Waals surface area contributed by atoms with Crippen molar-refractivity contribution in [1.29, 1.82) is 0 Å². The van der Waals surface area contributed by atoms with Gasteiger partial charge in [-0.25, -0.2) is 5.32 Å². The van der Waals surface area contributed by atoms with E-state index in [1.165, 1.54) is 12.1 Å². The minimum Gasteiger partial charge on any atom is -0.277 e. The third-order valence-corrected chi connectivity index (χ3v) is 2.96. The van der Waals surface area contributed by atoms with Gasteiger partial charge in [-0.1, -0.05) is 17.7 Å². The second-order valence-corrected chi connectivity index (χ2v) is 4.50. The molecule has 0 aliphatic rings. The van der Waals surface area contributed by atoms with E-state index in [1.54, 1.807) is 31.3 Å². The highest BCUT2D eigenvalue weighted by Gasteiger charge is 2.14. The van der Waals surface area contributed by atoms with E-state index in [2.05, 4.69) is 10.3 Å². The van der Waals surface area contributed by atoms with Crippen LogP contribution in [0, 0.1) is 10.1 Å². The van der Waals surface area contributed by atoms with Gasteiger partial charge in [0.2, 0.25) is 0 Å². The molecule has 0 amide bonds. The van der Waals surface area contributed by atoms with Crippen LogP contribution in [0.1, 0.15) is 5.56 Å². The first-order chi connectivity index (χ1) is 9.60. The zero-order valence-electron chi connectivity index (χ0n) is 10.8. The molecule has 2 N–H and O–H groups in total. The quantitative estimate of drug-likeness (QED) is 0.392. The summed E-state index contributed by atoms with van der Waals surface area (Å²) in [4.78, 5) is 13.4. The largest absolute Gasteiger partial charge is 0.280 e. The first-order valence-electron chi connectivity index (χ1n) is 5.92. The molecule has 0 heterocycles. The lowest BCUT2D eigenvalue weighted by Crippen LogP contribution is -2.70. The highest BCUT2D eigenvalue weighted by molar-refractivity contribution is 6.30. The van der Waals surface area contributed by atoms with Gasteiger partial charge in [-0.2, -0.15) is 0 Å². The monoisotopic (exact) mass is 290 g/mol. The number of rotatable bonds is 3. The summed E-state index contributed by atoms with van der Waals surface area (Å²) in [5.74, 6) is 0.677. The Morgan fingerprint density at radius 2 is 1.95 bits per heavy atom. The van der Waals surface area contributed by atoms with E-state index in [0.29, 0.717) is 16.4 Å². The van der Waals surface area contributed by atoms with Crippen molar-refractivity contribution in [2.24, 2.45) is 0 Å². The number of nitrogens with one attached hydrogen (secondary N) is 2. The van der Waals surface area contributed by atoms with Gasteiger partial charge < -0.3 is 0 Å². The molecule has 0 saturated heterocycles. The Labute approximate surface area is 121 Å². The molecule has 0 aliphatic carbocycles. The molecule has 0 atom stereocenters. The Kier molecular flexibility index (Phi) is 4.32. The summed E-state index contributed by atoms with van der Waals surface area (Å²) >= 11 is 5.83. The number of nitro benzene ring substituents is 1. The summed E-state index contributed by atoms with van der Waals surface area (Å²) in [6, 6.07) is 13.6. The molecule has 0 spiro atoms. The van der Waals surface area contributed by atoms with E-state index in [-0.39, 0.29) is 5.69 Å². The molecule has 0 aromatic heterocycles. The predicted octanol–water partition coefficient (Wildman–Crippen LogP) is 1.82. The Morgan fingerprint density at radius 1 is 1.25 bits per heavy atom. The van der Waals surface area contributed by atoms with Crippen LogP contribution in [0.5, 0.6) is 0 Å². The van der Waals surface area contributed by atoms with Crippen molar-refractivity contribution < 1.29 is 9.92 Å². The topological polar surface area (TPSA) is 69.1 Å². The number of benzene rings is 2. The normalized spacial score (nSPS) is 11.2. The lowest BCUT2D eigenvalue weighted by Gasteiger charge is -2.03. The molecule has 0 radical (unpaired) electrons.